The Morgan fingerprint density at radius 1 is 1.35 bits per heavy atom. The van der Waals surface area contributed by atoms with Crippen molar-refractivity contribution in [3.63, 3.8) is 0 Å². The Morgan fingerprint density at radius 2 is 2.05 bits per heavy atom. The summed E-state index contributed by atoms with van der Waals surface area (Å²) in [5, 5.41) is 11.6. The predicted molar refractivity (Wildman–Crippen MR) is 75.7 cm³/mol. The fourth-order valence-electron chi connectivity index (χ4n) is 1.75. The molecule has 2 N–H and O–H groups in total. The van der Waals surface area contributed by atoms with Crippen LogP contribution in [0.3, 0.4) is 0 Å². The van der Waals surface area contributed by atoms with E-state index in [1.165, 1.54) is 0 Å². The molecular weight excluding hydrogens is 258 g/mol. The van der Waals surface area contributed by atoms with Crippen LogP contribution in [0.25, 0.3) is 0 Å². The molecule has 2 atom stereocenters. The number of methoxy groups -OCH3 is 1. The van der Waals surface area contributed by atoms with E-state index in [4.69, 9.17) is 9.84 Å². The number of carbonyl (C=O) groups excluding carboxylic acids is 1. The molecule has 110 valence electrons. The minimum Gasteiger partial charge on any atom is -0.497 e. The van der Waals surface area contributed by atoms with Crippen LogP contribution in [0.15, 0.2) is 24.3 Å². The third-order valence-corrected chi connectivity index (χ3v) is 3.30. The monoisotopic (exact) mass is 279 g/mol. The third kappa shape index (κ3) is 4.91. The summed E-state index contributed by atoms with van der Waals surface area (Å²) in [7, 11) is 1.60. The van der Waals surface area contributed by atoms with Crippen LogP contribution in [-0.2, 0) is 16.0 Å². The number of amides is 1. The van der Waals surface area contributed by atoms with Crippen molar-refractivity contribution in [1.29, 1.82) is 0 Å². The van der Waals surface area contributed by atoms with Crippen LogP contribution in [0.2, 0.25) is 0 Å². The van der Waals surface area contributed by atoms with Crippen LogP contribution in [0.5, 0.6) is 5.75 Å². The molecule has 5 heteroatoms. The van der Waals surface area contributed by atoms with Gasteiger partial charge in [-0.1, -0.05) is 12.1 Å². The van der Waals surface area contributed by atoms with Crippen LogP contribution in [0.1, 0.15) is 25.8 Å². The van der Waals surface area contributed by atoms with Crippen LogP contribution >= 0.6 is 0 Å². The molecule has 0 aromatic heterocycles. The first kappa shape index (κ1) is 16.0. The highest BCUT2D eigenvalue weighted by Crippen LogP contribution is 2.14. The summed E-state index contributed by atoms with van der Waals surface area (Å²) >= 11 is 0. The summed E-state index contributed by atoms with van der Waals surface area (Å²) in [6.45, 7) is 3.28. The van der Waals surface area contributed by atoms with Crippen molar-refractivity contribution in [2.75, 3.05) is 7.11 Å². The largest absolute Gasteiger partial charge is 0.497 e. The second-order valence-electron chi connectivity index (χ2n) is 4.83. The van der Waals surface area contributed by atoms with Crippen LogP contribution in [0, 0.1) is 5.92 Å². The first-order valence-corrected chi connectivity index (χ1v) is 6.59. The van der Waals surface area contributed by atoms with Gasteiger partial charge in [-0.05, 0) is 38.0 Å². The highest BCUT2D eigenvalue weighted by molar-refractivity contribution is 5.78. The Bertz CT molecular complexity index is 473. The smallest absolute Gasteiger partial charge is 0.308 e. The molecule has 0 heterocycles. The van der Waals surface area contributed by atoms with Gasteiger partial charge >= 0.3 is 5.97 Å². The Kier molecular flexibility index (Phi) is 6.03. The molecule has 0 fully saturated rings. The van der Waals surface area contributed by atoms with E-state index in [-0.39, 0.29) is 11.9 Å². The number of nitrogens with one attached hydrogen (secondary N) is 1. The molecule has 0 radical (unpaired) electrons. The maximum Gasteiger partial charge on any atom is 0.308 e. The zero-order valence-corrected chi connectivity index (χ0v) is 12.1. The SMILES string of the molecule is COc1cccc(CCC(=O)NC(C)C(C)C(=O)O)c1. The lowest BCUT2D eigenvalue weighted by molar-refractivity contribution is -0.142. The van der Waals surface area contributed by atoms with E-state index in [1.807, 2.05) is 24.3 Å². The van der Waals surface area contributed by atoms with Gasteiger partial charge in [-0.15, -0.1) is 0 Å². The van der Waals surface area contributed by atoms with Gasteiger partial charge in [-0.2, -0.15) is 0 Å². The average Bonchev–Trinajstić information content (AvgIpc) is 2.44. The number of carbonyl (C=O) groups is 2. The number of carboxylic acid groups (broad SMARTS) is 1. The average molecular weight is 279 g/mol. The number of ether oxygens (including phenoxy) is 1. The quantitative estimate of drug-likeness (QED) is 0.798. The molecule has 0 aliphatic carbocycles. The predicted octanol–water partition coefficient (Wildman–Crippen LogP) is 1.85. The second-order valence-corrected chi connectivity index (χ2v) is 4.83. The molecule has 0 bridgehead atoms. The lowest BCUT2D eigenvalue weighted by atomic mass is 10.0. The minimum absolute atomic E-state index is 0.145. The number of rotatable bonds is 7. The van der Waals surface area contributed by atoms with Gasteiger partial charge < -0.3 is 15.2 Å². The van der Waals surface area contributed by atoms with Gasteiger partial charge in [0.25, 0.3) is 0 Å². The highest BCUT2D eigenvalue weighted by Gasteiger charge is 2.20. The van der Waals surface area contributed by atoms with Crippen molar-refractivity contribution in [3.8, 4) is 5.75 Å². The first-order chi connectivity index (χ1) is 9.43. The number of hydrogen-bond donors (Lipinski definition) is 2. The van der Waals surface area contributed by atoms with Crippen molar-refractivity contribution in [1.82, 2.24) is 5.32 Å². The molecule has 5 nitrogen and oxygen atoms in total. The fraction of sp³-hybridized carbons (Fsp3) is 0.467. The summed E-state index contributed by atoms with van der Waals surface area (Å²) in [5.41, 5.74) is 1.01. The van der Waals surface area contributed by atoms with Gasteiger partial charge in [0.05, 0.1) is 13.0 Å². The summed E-state index contributed by atoms with van der Waals surface area (Å²) in [5.74, 6) is -0.898. The van der Waals surface area contributed by atoms with Gasteiger partial charge in [0.1, 0.15) is 5.75 Å². The van der Waals surface area contributed by atoms with E-state index in [0.717, 1.165) is 11.3 Å². The highest BCUT2D eigenvalue weighted by atomic mass is 16.5. The molecule has 1 amide bonds. The molecule has 0 saturated carbocycles. The Morgan fingerprint density at radius 3 is 2.65 bits per heavy atom. The van der Waals surface area contributed by atoms with Crippen molar-refractivity contribution < 1.29 is 19.4 Å². The summed E-state index contributed by atoms with van der Waals surface area (Å²) in [6, 6.07) is 7.15. The van der Waals surface area contributed by atoms with E-state index in [2.05, 4.69) is 5.32 Å². The molecule has 0 spiro atoms. The van der Waals surface area contributed by atoms with Gasteiger partial charge in [0.15, 0.2) is 0 Å². The number of aliphatic carboxylic acids is 1. The summed E-state index contributed by atoms with van der Waals surface area (Å²) in [6.07, 6.45) is 0.918. The molecule has 1 aromatic rings. The van der Waals surface area contributed by atoms with E-state index >= 15 is 0 Å². The van der Waals surface area contributed by atoms with Crippen molar-refractivity contribution in [2.45, 2.75) is 32.7 Å². The molecular formula is C15H21NO4. The Labute approximate surface area is 118 Å². The third-order valence-electron chi connectivity index (χ3n) is 3.30. The summed E-state index contributed by atoms with van der Waals surface area (Å²) < 4.78 is 5.12. The lowest BCUT2D eigenvalue weighted by Gasteiger charge is -2.17. The minimum atomic E-state index is -0.911. The van der Waals surface area contributed by atoms with Crippen molar-refractivity contribution in [2.24, 2.45) is 5.92 Å². The molecule has 1 rings (SSSR count). The maximum atomic E-state index is 11.8. The summed E-state index contributed by atoms with van der Waals surface area (Å²) in [4.78, 5) is 22.6. The van der Waals surface area contributed by atoms with E-state index in [1.54, 1.807) is 21.0 Å². The van der Waals surface area contributed by atoms with Gasteiger partial charge in [-0.25, -0.2) is 0 Å². The van der Waals surface area contributed by atoms with Crippen LogP contribution in [-0.4, -0.2) is 30.1 Å². The van der Waals surface area contributed by atoms with E-state index < -0.39 is 11.9 Å². The molecule has 0 aliphatic heterocycles. The van der Waals surface area contributed by atoms with Crippen molar-refractivity contribution in [3.05, 3.63) is 29.8 Å². The van der Waals surface area contributed by atoms with Crippen molar-refractivity contribution >= 4 is 11.9 Å². The maximum absolute atomic E-state index is 11.8. The first-order valence-electron chi connectivity index (χ1n) is 6.59. The van der Waals surface area contributed by atoms with Crippen LogP contribution in [0.4, 0.5) is 0 Å². The fourth-order valence-corrected chi connectivity index (χ4v) is 1.75. The number of hydrogen-bond acceptors (Lipinski definition) is 3. The van der Waals surface area contributed by atoms with E-state index in [0.29, 0.717) is 12.8 Å². The molecule has 20 heavy (non-hydrogen) atoms. The van der Waals surface area contributed by atoms with Crippen LogP contribution < -0.4 is 10.1 Å². The lowest BCUT2D eigenvalue weighted by Crippen LogP contribution is -2.40. The van der Waals surface area contributed by atoms with Gasteiger partial charge in [0.2, 0.25) is 5.91 Å². The zero-order valence-electron chi connectivity index (χ0n) is 12.1. The Balaban J connectivity index is 2.45. The standard InChI is InChI=1S/C15H21NO4/c1-10(15(18)19)11(2)16-14(17)8-7-12-5-4-6-13(9-12)20-3/h4-6,9-11H,7-8H2,1-3H3,(H,16,17)(H,18,19). The molecule has 1 aromatic carbocycles. The normalized spacial score (nSPS) is 13.3. The Hall–Kier alpha value is -2.04. The van der Waals surface area contributed by atoms with E-state index in [9.17, 15) is 9.59 Å². The number of carboxylic acids is 1. The number of aryl methyl sites for hydroxylation is 1. The second kappa shape index (κ2) is 7.53. The molecule has 2 unspecified atom stereocenters. The topological polar surface area (TPSA) is 75.6 Å². The zero-order chi connectivity index (χ0) is 15.1. The molecule has 0 saturated heterocycles. The number of benzene rings is 1. The van der Waals surface area contributed by atoms with Gasteiger partial charge in [0, 0.05) is 12.5 Å². The molecule has 0 aliphatic rings. The van der Waals surface area contributed by atoms with Gasteiger partial charge in [-0.3, -0.25) is 9.59 Å².